The van der Waals surface area contributed by atoms with Gasteiger partial charge in [-0.1, -0.05) is 48.5 Å². The van der Waals surface area contributed by atoms with Gasteiger partial charge in [0, 0.05) is 26.2 Å². The first-order chi connectivity index (χ1) is 10.4. The summed E-state index contributed by atoms with van der Waals surface area (Å²) in [5, 5.41) is 3.32. The molecule has 0 unspecified atom stereocenters. The number of alkyl halides is 1. The van der Waals surface area contributed by atoms with Crippen LogP contribution >= 0.6 is 12.4 Å². The maximum absolute atomic E-state index is 13.6. The van der Waals surface area contributed by atoms with E-state index in [-0.39, 0.29) is 25.1 Å². The molecule has 0 amide bonds. The number of hydrogen-bond donors (Lipinski definition) is 1. The monoisotopic (exact) mass is 320 g/mol. The number of nitrogens with zero attached hydrogens (tertiary/aromatic N) is 1. The second-order valence-electron chi connectivity index (χ2n) is 5.45. The molecule has 3 rings (SSSR count). The number of piperazine rings is 1. The lowest BCUT2D eigenvalue weighted by Gasteiger charge is -2.33. The third-order valence-corrected chi connectivity index (χ3v) is 4.12. The Kier molecular flexibility index (Phi) is 6.37. The Morgan fingerprint density at radius 1 is 0.955 bits per heavy atom. The smallest absolute Gasteiger partial charge is 0.109 e. The number of rotatable bonds is 4. The second-order valence-corrected chi connectivity index (χ2v) is 5.45. The normalized spacial score (nSPS) is 16.8. The van der Waals surface area contributed by atoms with E-state index in [9.17, 15) is 4.39 Å². The molecule has 2 aromatic carbocycles. The Morgan fingerprint density at radius 3 is 2.32 bits per heavy atom. The van der Waals surface area contributed by atoms with Crippen LogP contribution in [0.15, 0.2) is 54.6 Å². The zero-order chi connectivity index (χ0) is 14.5. The van der Waals surface area contributed by atoms with Crippen molar-refractivity contribution < 1.29 is 4.39 Å². The van der Waals surface area contributed by atoms with E-state index in [1.54, 1.807) is 0 Å². The number of nitrogens with one attached hydrogen (secondary N) is 1. The van der Waals surface area contributed by atoms with Crippen molar-refractivity contribution in [3.63, 3.8) is 0 Å². The van der Waals surface area contributed by atoms with Crippen LogP contribution in [0.4, 0.5) is 4.39 Å². The fourth-order valence-electron chi connectivity index (χ4n) is 2.95. The molecule has 0 saturated carbocycles. The molecule has 1 aliphatic rings. The third kappa shape index (κ3) is 3.86. The molecule has 0 aliphatic carbocycles. The van der Waals surface area contributed by atoms with Gasteiger partial charge in [-0.2, -0.15) is 0 Å². The molecule has 2 aromatic rings. The fraction of sp³-hybridized carbons (Fsp3) is 0.333. The maximum atomic E-state index is 13.6. The van der Waals surface area contributed by atoms with Gasteiger partial charge in [-0.15, -0.1) is 12.4 Å². The Morgan fingerprint density at radius 2 is 1.64 bits per heavy atom. The molecule has 0 spiro atoms. The number of benzene rings is 2. The van der Waals surface area contributed by atoms with E-state index in [1.165, 1.54) is 5.56 Å². The highest BCUT2D eigenvalue weighted by molar-refractivity contribution is 5.85. The largest absolute Gasteiger partial charge is 0.314 e. The molecule has 1 N–H and O–H groups in total. The molecule has 22 heavy (non-hydrogen) atoms. The van der Waals surface area contributed by atoms with Gasteiger partial charge in [-0.3, -0.25) is 4.90 Å². The summed E-state index contributed by atoms with van der Waals surface area (Å²) < 4.78 is 13.6. The van der Waals surface area contributed by atoms with Gasteiger partial charge in [-0.25, -0.2) is 4.39 Å². The van der Waals surface area contributed by atoms with Crippen LogP contribution in [-0.4, -0.2) is 37.8 Å². The zero-order valence-electron chi connectivity index (χ0n) is 12.5. The standard InChI is InChI=1S/C18H21FN2.ClH/c19-14-18(21-11-9-20-10-12-21)17-8-4-7-16(13-17)15-5-2-1-3-6-15;/h1-8,13,18,20H,9-12,14H2;1H/t18-;/m1./s1. The van der Waals surface area contributed by atoms with Gasteiger partial charge in [0.15, 0.2) is 0 Å². The van der Waals surface area contributed by atoms with E-state index in [0.29, 0.717) is 0 Å². The van der Waals surface area contributed by atoms with Gasteiger partial charge >= 0.3 is 0 Å². The van der Waals surface area contributed by atoms with E-state index in [0.717, 1.165) is 37.3 Å². The zero-order valence-corrected chi connectivity index (χ0v) is 13.4. The van der Waals surface area contributed by atoms with Crippen molar-refractivity contribution in [3.05, 3.63) is 60.2 Å². The minimum absolute atomic E-state index is 0. The van der Waals surface area contributed by atoms with Gasteiger partial charge in [0.1, 0.15) is 6.67 Å². The second kappa shape index (κ2) is 8.28. The maximum Gasteiger partial charge on any atom is 0.109 e. The molecule has 0 bridgehead atoms. The van der Waals surface area contributed by atoms with Gasteiger partial charge in [0.05, 0.1) is 6.04 Å². The number of hydrogen-bond acceptors (Lipinski definition) is 2. The van der Waals surface area contributed by atoms with Crippen LogP contribution in [0.5, 0.6) is 0 Å². The highest BCUT2D eigenvalue weighted by Crippen LogP contribution is 2.27. The first kappa shape index (κ1) is 16.9. The van der Waals surface area contributed by atoms with Crippen molar-refractivity contribution >= 4 is 12.4 Å². The summed E-state index contributed by atoms with van der Waals surface area (Å²) >= 11 is 0. The van der Waals surface area contributed by atoms with Gasteiger partial charge in [-0.05, 0) is 22.8 Å². The quantitative estimate of drug-likeness (QED) is 0.924. The SMILES string of the molecule is Cl.FC[C@H](c1cccc(-c2ccccc2)c1)N1CCNCC1. The van der Waals surface area contributed by atoms with E-state index in [2.05, 4.69) is 34.5 Å². The lowest BCUT2D eigenvalue weighted by Crippen LogP contribution is -2.45. The van der Waals surface area contributed by atoms with Crippen LogP contribution in [0.2, 0.25) is 0 Å². The van der Waals surface area contributed by atoms with Gasteiger partial charge < -0.3 is 5.32 Å². The van der Waals surface area contributed by atoms with E-state index in [4.69, 9.17) is 0 Å². The Balaban J connectivity index is 0.00000176. The summed E-state index contributed by atoms with van der Waals surface area (Å²) in [6.45, 7) is 3.36. The summed E-state index contributed by atoms with van der Waals surface area (Å²) in [6.07, 6.45) is 0. The molecule has 1 saturated heterocycles. The highest BCUT2D eigenvalue weighted by Gasteiger charge is 2.22. The lowest BCUT2D eigenvalue weighted by molar-refractivity contribution is 0.147. The predicted octanol–water partition coefficient (Wildman–Crippen LogP) is 3.69. The van der Waals surface area contributed by atoms with Crippen LogP contribution in [-0.2, 0) is 0 Å². The van der Waals surface area contributed by atoms with Crippen LogP contribution in [0.25, 0.3) is 11.1 Å². The summed E-state index contributed by atoms with van der Waals surface area (Å²) in [5.74, 6) is 0. The van der Waals surface area contributed by atoms with Crippen LogP contribution in [0.1, 0.15) is 11.6 Å². The fourth-order valence-corrected chi connectivity index (χ4v) is 2.95. The molecule has 1 fully saturated rings. The predicted molar refractivity (Wildman–Crippen MR) is 92.3 cm³/mol. The molecular weight excluding hydrogens is 299 g/mol. The Bertz CT molecular complexity index is 570. The molecule has 1 heterocycles. The summed E-state index contributed by atoms with van der Waals surface area (Å²) in [4.78, 5) is 2.24. The van der Waals surface area contributed by atoms with Gasteiger partial charge in [0.25, 0.3) is 0 Å². The molecule has 1 aliphatic heterocycles. The third-order valence-electron chi connectivity index (χ3n) is 4.12. The highest BCUT2D eigenvalue weighted by atomic mass is 35.5. The molecule has 118 valence electrons. The average molecular weight is 321 g/mol. The van der Waals surface area contributed by atoms with Crippen LogP contribution < -0.4 is 5.32 Å². The molecule has 2 nitrogen and oxygen atoms in total. The van der Waals surface area contributed by atoms with Crippen molar-refractivity contribution in [1.82, 2.24) is 10.2 Å². The van der Waals surface area contributed by atoms with E-state index >= 15 is 0 Å². The van der Waals surface area contributed by atoms with Gasteiger partial charge in [0.2, 0.25) is 0 Å². The first-order valence-corrected chi connectivity index (χ1v) is 7.54. The molecule has 0 radical (unpaired) electrons. The molecule has 0 aromatic heterocycles. The van der Waals surface area contributed by atoms with Crippen molar-refractivity contribution in [2.24, 2.45) is 0 Å². The van der Waals surface area contributed by atoms with Crippen molar-refractivity contribution in [3.8, 4) is 11.1 Å². The molecule has 1 atom stereocenters. The minimum atomic E-state index is -0.335. The minimum Gasteiger partial charge on any atom is -0.314 e. The lowest BCUT2D eigenvalue weighted by atomic mass is 9.99. The molecule has 4 heteroatoms. The number of halogens is 2. The Hall–Kier alpha value is -1.42. The van der Waals surface area contributed by atoms with Crippen molar-refractivity contribution in [2.75, 3.05) is 32.9 Å². The molecular formula is C18H22ClFN2. The summed E-state index contributed by atoms with van der Waals surface area (Å²) in [6, 6.07) is 18.4. The van der Waals surface area contributed by atoms with Crippen LogP contribution in [0, 0.1) is 0 Å². The van der Waals surface area contributed by atoms with Crippen molar-refractivity contribution in [2.45, 2.75) is 6.04 Å². The van der Waals surface area contributed by atoms with Crippen LogP contribution in [0.3, 0.4) is 0 Å². The first-order valence-electron chi connectivity index (χ1n) is 7.54. The summed E-state index contributed by atoms with van der Waals surface area (Å²) in [7, 11) is 0. The van der Waals surface area contributed by atoms with E-state index in [1.807, 2.05) is 30.3 Å². The van der Waals surface area contributed by atoms with Crippen molar-refractivity contribution in [1.29, 1.82) is 0 Å². The van der Waals surface area contributed by atoms with E-state index < -0.39 is 0 Å². The average Bonchev–Trinajstić information content (AvgIpc) is 2.58. The summed E-state index contributed by atoms with van der Waals surface area (Å²) in [5.41, 5.74) is 3.40. The Labute approximate surface area is 137 Å². The topological polar surface area (TPSA) is 15.3 Å².